The second-order valence-electron chi connectivity index (χ2n) is 4.60. The topological polar surface area (TPSA) is 67.6 Å². The predicted octanol–water partition coefficient (Wildman–Crippen LogP) is -0.0372. The van der Waals surface area contributed by atoms with Gasteiger partial charge in [0.1, 0.15) is 6.10 Å². The van der Waals surface area contributed by atoms with Gasteiger partial charge in [-0.25, -0.2) is 5.84 Å². The summed E-state index contributed by atoms with van der Waals surface area (Å²) < 4.78 is 5.72. The van der Waals surface area contributed by atoms with Crippen molar-refractivity contribution >= 4 is 17.7 Å². The third-order valence-electron chi connectivity index (χ3n) is 3.32. The Morgan fingerprint density at radius 2 is 2.29 bits per heavy atom. The fourth-order valence-corrected chi connectivity index (χ4v) is 3.32. The molecule has 2 unspecified atom stereocenters. The molecule has 2 saturated heterocycles. The van der Waals surface area contributed by atoms with Crippen LogP contribution in [-0.2, 0) is 9.53 Å². The number of hydrogen-bond donors (Lipinski definition) is 2. The zero-order valence-electron chi connectivity index (χ0n) is 10.1. The van der Waals surface area contributed by atoms with Gasteiger partial charge < -0.3 is 4.74 Å². The molecule has 0 aromatic heterocycles. The van der Waals surface area contributed by atoms with Gasteiger partial charge in [0, 0.05) is 18.8 Å². The summed E-state index contributed by atoms with van der Waals surface area (Å²) in [6.07, 6.45) is 2.86. The number of thioether (sulfide) groups is 1. The molecule has 0 radical (unpaired) electrons. The first-order chi connectivity index (χ1) is 8.29. The molecular weight excluding hydrogens is 238 g/mol. The quantitative estimate of drug-likeness (QED) is 0.423. The van der Waals surface area contributed by atoms with Crippen molar-refractivity contribution in [2.45, 2.75) is 31.5 Å². The predicted molar refractivity (Wildman–Crippen MR) is 68.6 cm³/mol. The van der Waals surface area contributed by atoms with E-state index in [0.717, 1.165) is 32.5 Å². The molecule has 2 fully saturated rings. The number of nitrogens with one attached hydrogen (secondary N) is 1. The normalized spacial score (nSPS) is 31.1. The molecule has 2 rings (SSSR count). The Labute approximate surface area is 106 Å². The first-order valence-corrected chi connectivity index (χ1v) is 7.41. The smallest absolute Gasteiger partial charge is 0.263 e. The number of nitrogens with zero attached hydrogens (tertiary/aromatic N) is 1. The number of rotatable bonds is 3. The molecular formula is C11H21N3O2S. The monoisotopic (exact) mass is 259 g/mol. The third kappa shape index (κ3) is 3.84. The van der Waals surface area contributed by atoms with Crippen LogP contribution in [0.15, 0.2) is 0 Å². The largest absolute Gasteiger partial charge is 0.364 e. The summed E-state index contributed by atoms with van der Waals surface area (Å²) in [6.45, 7) is 3.24. The van der Waals surface area contributed by atoms with Crippen molar-refractivity contribution < 1.29 is 9.53 Å². The van der Waals surface area contributed by atoms with Gasteiger partial charge >= 0.3 is 0 Å². The van der Waals surface area contributed by atoms with Gasteiger partial charge in [-0.15, -0.1) is 0 Å². The van der Waals surface area contributed by atoms with Crippen LogP contribution in [0.25, 0.3) is 0 Å². The highest BCUT2D eigenvalue weighted by atomic mass is 32.2. The molecule has 2 heterocycles. The molecule has 98 valence electrons. The Hall–Kier alpha value is -0.300. The van der Waals surface area contributed by atoms with Crippen molar-refractivity contribution in [2.75, 3.05) is 31.1 Å². The van der Waals surface area contributed by atoms with E-state index in [0.29, 0.717) is 0 Å². The standard InChI is InChI=1S/C11H21N3O2S/c12-13-11(15)10-3-2-9(16-10)8-14-4-1-6-17-7-5-14/h9-10H,1-8,12H2,(H,13,15). The fraction of sp³-hybridized carbons (Fsp3) is 0.909. The Balaban J connectivity index is 1.74. The molecule has 0 spiro atoms. The van der Waals surface area contributed by atoms with Crippen LogP contribution < -0.4 is 11.3 Å². The lowest BCUT2D eigenvalue weighted by atomic mass is 10.2. The zero-order chi connectivity index (χ0) is 12.1. The fourth-order valence-electron chi connectivity index (χ4n) is 2.39. The van der Waals surface area contributed by atoms with Gasteiger partial charge in [0.15, 0.2) is 0 Å². The maximum atomic E-state index is 11.3. The number of carbonyl (C=O) groups excluding carboxylic acids is 1. The second kappa shape index (κ2) is 6.58. The molecule has 0 aliphatic carbocycles. The lowest BCUT2D eigenvalue weighted by Gasteiger charge is -2.23. The van der Waals surface area contributed by atoms with Crippen LogP contribution in [0.3, 0.4) is 0 Å². The van der Waals surface area contributed by atoms with E-state index in [1.54, 1.807) is 0 Å². The molecule has 2 aliphatic heterocycles. The zero-order valence-corrected chi connectivity index (χ0v) is 10.9. The van der Waals surface area contributed by atoms with Crippen molar-refractivity contribution in [2.24, 2.45) is 5.84 Å². The highest BCUT2D eigenvalue weighted by molar-refractivity contribution is 7.99. The maximum Gasteiger partial charge on any atom is 0.263 e. The lowest BCUT2D eigenvalue weighted by Crippen LogP contribution is -2.40. The van der Waals surface area contributed by atoms with E-state index in [1.807, 2.05) is 11.8 Å². The van der Waals surface area contributed by atoms with Crippen molar-refractivity contribution in [3.63, 3.8) is 0 Å². The summed E-state index contributed by atoms with van der Waals surface area (Å²) in [5, 5.41) is 0. The van der Waals surface area contributed by atoms with E-state index < -0.39 is 0 Å². The van der Waals surface area contributed by atoms with Crippen LogP contribution in [0.5, 0.6) is 0 Å². The van der Waals surface area contributed by atoms with Crippen molar-refractivity contribution in [3.05, 3.63) is 0 Å². The average Bonchev–Trinajstić information content (AvgIpc) is 2.65. The van der Waals surface area contributed by atoms with Crippen molar-refractivity contribution in [3.8, 4) is 0 Å². The third-order valence-corrected chi connectivity index (χ3v) is 4.37. The molecule has 17 heavy (non-hydrogen) atoms. The van der Waals surface area contributed by atoms with Gasteiger partial charge in [-0.1, -0.05) is 0 Å². The van der Waals surface area contributed by atoms with Gasteiger partial charge in [-0.3, -0.25) is 15.1 Å². The number of amides is 1. The lowest BCUT2D eigenvalue weighted by molar-refractivity contribution is -0.132. The Kier molecular flexibility index (Phi) is 5.09. The summed E-state index contributed by atoms with van der Waals surface area (Å²) in [4.78, 5) is 13.8. The van der Waals surface area contributed by atoms with Gasteiger partial charge in [0.2, 0.25) is 0 Å². The molecule has 6 heteroatoms. The van der Waals surface area contributed by atoms with Gasteiger partial charge in [0.05, 0.1) is 6.10 Å². The number of hydrazine groups is 1. The van der Waals surface area contributed by atoms with Crippen LogP contribution >= 0.6 is 11.8 Å². The summed E-state index contributed by atoms with van der Waals surface area (Å²) >= 11 is 2.02. The van der Waals surface area contributed by atoms with Crippen LogP contribution in [0, 0.1) is 0 Å². The maximum absolute atomic E-state index is 11.3. The van der Waals surface area contributed by atoms with Crippen LogP contribution in [0.1, 0.15) is 19.3 Å². The number of nitrogens with two attached hydrogens (primary N) is 1. The summed E-state index contributed by atoms with van der Waals surface area (Å²) in [5.74, 6) is 7.39. The van der Waals surface area contributed by atoms with E-state index >= 15 is 0 Å². The minimum absolute atomic E-state index is 0.195. The van der Waals surface area contributed by atoms with E-state index in [9.17, 15) is 4.79 Å². The van der Waals surface area contributed by atoms with Crippen molar-refractivity contribution in [1.29, 1.82) is 0 Å². The minimum Gasteiger partial charge on any atom is -0.364 e. The second-order valence-corrected chi connectivity index (χ2v) is 5.82. The van der Waals surface area contributed by atoms with E-state index in [4.69, 9.17) is 10.6 Å². The molecule has 5 nitrogen and oxygen atoms in total. The number of hydrogen-bond acceptors (Lipinski definition) is 5. The summed E-state index contributed by atoms with van der Waals surface area (Å²) in [7, 11) is 0. The number of carbonyl (C=O) groups is 1. The first kappa shape index (κ1) is 13.1. The van der Waals surface area contributed by atoms with Crippen LogP contribution in [-0.4, -0.2) is 54.2 Å². The molecule has 2 atom stereocenters. The highest BCUT2D eigenvalue weighted by Crippen LogP contribution is 2.21. The first-order valence-electron chi connectivity index (χ1n) is 6.25. The Morgan fingerprint density at radius 3 is 3.12 bits per heavy atom. The average molecular weight is 259 g/mol. The molecule has 0 bridgehead atoms. The molecule has 0 aromatic carbocycles. The SMILES string of the molecule is NNC(=O)C1CCC(CN2CCCSCC2)O1. The Bertz CT molecular complexity index is 257. The van der Waals surface area contributed by atoms with Gasteiger partial charge in [-0.2, -0.15) is 11.8 Å². The summed E-state index contributed by atoms with van der Waals surface area (Å²) in [6, 6.07) is 0. The van der Waals surface area contributed by atoms with E-state index in [1.165, 1.54) is 17.9 Å². The Morgan fingerprint density at radius 1 is 1.41 bits per heavy atom. The highest BCUT2D eigenvalue weighted by Gasteiger charge is 2.31. The molecule has 3 N–H and O–H groups in total. The molecule has 0 aromatic rings. The van der Waals surface area contributed by atoms with E-state index in [2.05, 4.69) is 10.3 Å². The van der Waals surface area contributed by atoms with Gasteiger partial charge in [0.25, 0.3) is 5.91 Å². The minimum atomic E-state index is -0.341. The van der Waals surface area contributed by atoms with Crippen LogP contribution in [0.4, 0.5) is 0 Å². The van der Waals surface area contributed by atoms with Crippen LogP contribution in [0.2, 0.25) is 0 Å². The van der Waals surface area contributed by atoms with E-state index in [-0.39, 0.29) is 18.1 Å². The number of ether oxygens (including phenoxy) is 1. The molecule has 0 saturated carbocycles. The van der Waals surface area contributed by atoms with Gasteiger partial charge in [-0.05, 0) is 31.6 Å². The molecule has 1 amide bonds. The van der Waals surface area contributed by atoms with Crippen molar-refractivity contribution in [1.82, 2.24) is 10.3 Å². The summed E-state index contributed by atoms with van der Waals surface area (Å²) in [5.41, 5.74) is 2.16. The molecule has 2 aliphatic rings.